The van der Waals surface area contributed by atoms with E-state index in [1.807, 2.05) is 0 Å². The lowest BCUT2D eigenvalue weighted by Gasteiger charge is -2.48. The van der Waals surface area contributed by atoms with E-state index in [1.165, 1.54) is 12.1 Å². The van der Waals surface area contributed by atoms with Crippen molar-refractivity contribution < 1.29 is 8.42 Å². The molecular formula is C16H19ClN2O2S. The van der Waals surface area contributed by atoms with Crippen molar-refractivity contribution in [3.8, 4) is 12.3 Å². The summed E-state index contributed by atoms with van der Waals surface area (Å²) in [4.78, 5) is 2.56. The molecule has 0 aliphatic carbocycles. The summed E-state index contributed by atoms with van der Waals surface area (Å²) in [6.07, 6.45) is 7.66. The van der Waals surface area contributed by atoms with Gasteiger partial charge >= 0.3 is 0 Å². The normalized spacial score (nSPS) is 30.9. The maximum atomic E-state index is 12.3. The molecule has 3 saturated heterocycles. The van der Waals surface area contributed by atoms with Crippen LogP contribution in [0.1, 0.15) is 12.8 Å². The lowest BCUT2D eigenvalue weighted by Crippen LogP contribution is -2.56. The van der Waals surface area contributed by atoms with Gasteiger partial charge in [0.05, 0.1) is 4.90 Å². The second kappa shape index (κ2) is 6.21. The van der Waals surface area contributed by atoms with Crippen LogP contribution in [-0.2, 0) is 10.0 Å². The average molecular weight is 339 g/mol. The first-order valence-corrected chi connectivity index (χ1v) is 9.31. The Labute approximate surface area is 136 Å². The number of terminal acetylenes is 1. The number of hydrogen-bond donors (Lipinski definition) is 1. The van der Waals surface area contributed by atoms with Gasteiger partial charge in [-0.2, -0.15) is 0 Å². The molecule has 3 aliphatic heterocycles. The van der Waals surface area contributed by atoms with E-state index >= 15 is 0 Å². The first-order chi connectivity index (χ1) is 10.5. The zero-order chi connectivity index (χ0) is 15.7. The minimum atomic E-state index is -3.49. The van der Waals surface area contributed by atoms with Crippen molar-refractivity contribution in [2.45, 2.75) is 23.8 Å². The summed E-state index contributed by atoms with van der Waals surface area (Å²) < 4.78 is 27.3. The van der Waals surface area contributed by atoms with E-state index in [4.69, 9.17) is 18.0 Å². The molecule has 1 N–H and O–H groups in total. The zero-order valence-corrected chi connectivity index (χ0v) is 13.8. The van der Waals surface area contributed by atoms with Crippen molar-refractivity contribution in [1.29, 1.82) is 0 Å². The van der Waals surface area contributed by atoms with E-state index in [-0.39, 0.29) is 10.9 Å². The van der Waals surface area contributed by atoms with Gasteiger partial charge in [0.15, 0.2) is 0 Å². The number of benzene rings is 1. The van der Waals surface area contributed by atoms with Crippen LogP contribution >= 0.6 is 11.6 Å². The summed E-state index contributed by atoms with van der Waals surface area (Å²) in [6, 6.07) is 6.45. The van der Waals surface area contributed by atoms with E-state index in [1.54, 1.807) is 12.1 Å². The Balaban J connectivity index is 1.63. The van der Waals surface area contributed by atoms with Crippen LogP contribution in [0.4, 0.5) is 0 Å². The second-order valence-corrected chi connectivity index (χ2v) is 8.22. The highest BCUT2D eigenvalue weighted by Gasteiger charge is 2.39. The largest absolute Gasteiger partial charge is 0.298 e. The van der Waals surface area contributed by atoms with Crippen LogP contribution in [0.15, 0.2) is 29.2 Å². The summed E-state index contributed by atoms with van der Waals surface area (Å²) in [5, 5.41) is 0.523. The van der Waals surface area contributed by atoms with Gasteiger partial charge in [0.2, 0.25) is 10.0 Å². The van der Waals surface area contributed by atoms with Gasteiger partial charge in [0.25, 0.3) is 0 Å². The second-order valence-electron chi connectivity index (χ2n) is 6.01. The van der Waals surface area contributed by atoms with Crippen molar-refractivity contribution in [3.05, 3.63) is 29.3 Å². The third-order valence-corrected chi connectivity index (χ3v) is 6.42. The molecule has 3 heterocycles. The van der Waals surface area contributed by atoms with E-state index < -0.39 is 10.0 Å². The summed E-state index contributed by atoms with van der Waals surface area (Å²) in [6.45, 7) is 2.32. The number of piperidine rings is 3. The van der Waals surface area contributed by atoms with Crippen molar-refractivity contribution >= 4 is 21.6 Å². The van der Waals surface area contributed by atoms with Crippen LogP contribution in [0.3, 0.4) is 0 Å². The first-order valence-electron chi connectivity index (χ1n) is 7.45. The fourth-order valence-corrected chi connectivity index (χ4v) is 4.64. The fourth-order valence-electron chi connectivity index (χ4n) is 3.44. The maximum Gasteiger partial charge on any atom is 0.240 e. The molecule has 1 aromatic carbocycles. The van der Waals surface area contributed by atoms with Crippen LogP contribution in [-0.4, -0.2) is 39.0 Å². The highest BCUT2D eigenvalue weighted by Crippen LogP contribution is 2.35. The Hall–Kier alpha value is -1.06. The van der Waals surface area contributed by atoms with Crippen LogP contribution in [0.25, 0.3) is 0 Å². The lowest BCUT2D eigenvalue weighted by atomic mass is 9.76. The van der Waals surface area contributed by atoms with Crippen molar-refractivity contribution in [2.75, 3.05) is 19.6 Å². The molecule has 0 aromatic heterocycles. The van der Waals surface area contributed by atoms with Gasteiger partial charge < -0.3 is 0 Å². The Morgan fingerprint density at radius 3 is 2.68 bits per heavy atom. The molecule has 0 radical (unpaired) electrons. The molecule has 4 rings (SSSR count). The molecule has 118 valence electrons. The summed E-state index contributed by atoms with van der Waals surface area (Å²) >= 11 is 5.79. The predicted octanol–water partition coefficient (Wildman–Crippen LogP) is 1.96. The molecule has 22 heavy (non-hydrogen) atoms. The first kappa shape index (κ1) is 15.8. The van der Waals surface area contributed by atoms with Gasteiger partial charge in [0, 0.05) is 30.1 Å². The molecule has 0 spiro atoms. The molecule has 1 aromatic rings. The predicted molar refractivity (Wildman–Crippen MR) is 87.0 cm³/mol. The van der Waals surface area contributed by atoms with Gasteiger partial charge in [-0.15, -0.1) is 12.3 Å². The van der Waals surface area contributed by atoms with E-state index in [9.17, 15) is 8.42 Å². The minimum Gasteiger partial charge on any atom is -0.298 e. The van der Waals surface area contributed by atoms with Gasteiger partial charge in [-0.1, -0.05) is 11.6 Å². The molecule has 4 unspecified atom stereocenters. The van der Waals surface area contributed by atoms with E-state index in [2.05, 4.69) is 15.5 Å². The Morgan fingerprint density at radius 1 is 1.36 bits per heavy atom. The van der Waals surface area contributed by atoms with E-state index in [0.717, 1.165) is 25.9 Å². The van der Waals surface area contributed by atoms with Gasteiger partial charge in [0.1, 0.15) is 0 Å². The quantitative estimate of drug-likeness (QED) is 0.854. The maximum absolute atomic E-state index is 12.3. The number of fused-ring (bicyclic) bond motifs is 3. The Morgan fingerprint density at radius 2 is 2.09 bits per heavy atom. The minimum absolute atomic E-state index is 0.241. The third kappa shape index (κ3) is 3.16. The standard InChI is InChI=1S/C16H19ClN2O2S/c1-2-12-11-19-8-7-13(12)9-15(19)10-18-22(20,21)16-5-3-14(17)4-6-16/h1,3-6,12-13,15,18H,7-11H2. The molecule has 2 bridgehead atoms. The molecule has 4 nitrogen and oxygen atoms in total. The van der Waals surface area contributed by atoms with Crippen LogP contribution in [0, 0.1) is 24.2 Å². The summed E-state index contributed by atoms with van der Waals surface area (Å²) in [5.74, 6) is 3.71. The molecule has 6 heteroatoms. The Kier molecular flexibility index (Phi) is 4.47. The molecule has 3 fully saturated rings. The Bertz CT molecular complexity index is 681. The number of sulfonamides is 1. The highest BCUT2D eigenvalue weighted by molar-refractivity contribution is 7.89. The average Bonchev–Trinajstić information content (AvgIpc) is 2.54. The summed E-state index contributed by atoms with van der Waals surface area (Å²) in [7, 11) is -3.49. The molecular weight excluding hydrogens is 320 g/mol. The number of rotatable bonds is 4. The number of halogens is 1. The SMILES string of the molecule is C#CC1CN2CCC1CC2CNS(=O)(=O)c1ccc(Cl)cc1. The number of nitrogens with one attached hydrogen (secondary N) is 1. The molecule has 0 amide bonds. The fraction of sp³-hybridized carbons (Fsp3) is 0.500. The lowest BCUT2D eigenvalue weighted by molar-refractivity contribution is 0.0251. The monoisotopic (exact) mass is 338 g/mol. The van der Waals surface area contributed by atoms with Crippen LogP contribution in [0.5, 0.6) is 0 Å². The van der Waals surface area contributed by atoms with E-state index in [0.29, 0.717) is 23.4 Å². The highest BCUT2D eigenvalue weighted by atomic mass is 35.5. The third-order valence-electron chi connectivity index (χ3n) is 4.73. The zero-order valence-electron chi connectivity index (χ0n) is 12.2. The number of nitrogens with zero attached hydrogens (tertiary/aromatic N) is 1. The van der Waals surface area contributed by atoms with Gasteiger partial charge in [-0.3, -0.25) is 4.90 Å². The van der Waals surface area contributed by atoms with Crippen LogP contribution in [0.2, 0.25) is 5.02 Å². The smallest absolute Gasteiger partial charge is 0.240 e. The number of hydrogen-bond acceptors (Lipinski definition) is 3. The van der Waals surface area contributed by atoms with Crippen molar-refractivity contribution in [1.82, 2.24) is 9.62 Å². The van der Waals surface area contributed by atoms with Gasteiger partial charge in [-0.05, 0) is 49.6 Å². The van der Waals surface area contributed by atoms with Crippen LogP contribution < -0.4 is 4.72 Å². The summed E-state index contributed by atoms with van der Waals surface area (Å²) in [5.41, 5.74) is 0. The topological polar surface area (TPSA) is 49.4 Å². The molecule has 3 aliphatic rings. The van der Waals surface area contributed by atoms with Crippen molar-refractivity contribution in [2.24, 2.45) is 11.8 Å². The molecule has 0 saturated carbocycles. The molecule has 4 atom stereocenters. The van der Waals surface area contributed by atoms with Gasteiger partial charge in [-0.25, -0.2) is 13.1 Å². The van der Waals surface area contributed by atoms with Crippen molar-refractivity contribution in [3.63, 3.8) is 0 Å².